The number of hydrogen-bond acceptors (Lipinski definition) is 5. The van der Waals surface area contributed by atoms with Crippen LogP contribution in [-0.2, 0) is 10.0 Å². The van der Waals surface area contributed by atoms with Gasteiger partial charge in [-0.15, -0.1) is 0 Å². The lowest BCUT2D eigenvalue weighted by atomic mass is 10.1. The number of nitrogens with one attached hydrogen (secondary N) is 1. The first kappa shape index (κ1) is 16.3. The predicted octanol–water partition coefficient (Wildman–Crippen LogP) is 0.171. The van der Waals surface area contributed by atoms with Crippen LogP contribution in [0.25, 0.3) is 0 Å². The van der Waals surface area contributed by atoms with Crippen molar-refractivity contribution in [1.82, 2.24) is 19.4 Å². The smallest absolute Gasteiger partial charge is 0.260 e. The van der Waals surface area contributed by atoms with Crippen molar-refractivity contribution in [3.8, 4) is 0 Å². The summed E-state index contributed by atoms with van der Waals surface area (Å²) in [6.07, 6.45) is 3.34. The minimum Gasteiger partial charge on any atom is -0.392 e. The van der Waals surface area contributed by atoms with Crippen LogP contribution in [0.15, 0.2) is 17.3 Å². The van der Waals surface area contributed by atoms with Gasteiger partial charge in [0.05, 0.1) is 17.2 Å². The van der Waals surface area contributed by atoms with E-state index in [1.54, 1.807) is 0 Å². The summed E-state index contributed by atoms with van der Waals surface area (Å²) in [5.41, 5.74) is 5.80. The zero-order valence-electron chi connectivity index (χ0n) is 12.0. The van der Waals surface area contributed by atoms with Crippen LogP contribution < -0.4 is 5.73 Å². The standard InChI is InChI=1S/C12H21N5O2S2/c1-2-3-10(12(13)20)16-6-8-17(9-7-16)21(18,19)11-4-5-14-15-11/h4-5,10H,2-3,6-9H2,1H3,(H2,13,20)(H,14,15). The van der Waals surface area contributed by atoms with Gasteiger partial charge in [-0.1, -0.05) is 25.6 Å². The summed E-state index contributed by atoms with van der Waals surface area (Å²) in [4.78, 5) is 2.66. The van der Waals surface area contributed by atoms with Gasteiger partial charge in [0.2, 0.25) is 0 Å². The first-order valence-electron chi connectivity index (χ1n) is 6.99. The van der Waals surface area contributed by atoms with Gasteiger partial charge < -0.3 is 5.73 Å². The molecule has 0 saturated carbocycles. The number of aromatic nitrogens is 2. The highest BCUT2D eigenvalue weighted by Gasteiger charge is 2.32. The number of piperazine rings is 1. The molecule has 1 aliphatic rings. The van der Waals surface area contributed by atoms with E-state index in [2.05, 4.69) is 22.0 Å². The van der Waals surface area contributed by atoms with E-state index in [4.69, 9.17) is 18.0 Å². The van der Waals surface area contributed by atoms with Crippen LogP contribution in [-0.4, -0.2) is 65.0 Å². The Kier molecular flexibility index (Phi) is 5.31. The topological polar surface area (TPSA) is 95.3 Å². The Balaban J connectivity index is 2.02. The van der Waals surface area contributed by atoms with Crippen LogP contribution in [0.5, 0.6) is 0 Å². The molecule has 2 rings (SSSR count). The van der Waals surface area contributed by atoms with Crippen molar-refractivity contribution in [2.75, 3.05) is 26.2 Å². The summed E-state index contributed by atoms with van der Waals surface area (Å²) in [5, 5.41) is 6.35. The molecule has 7 nitrogen and oxygen atoms in total. The Bertz CT molecular complexity index is 564. The molecule has 1 aromatic heterocycles. The molecule has 3 N–H and O–H groups in total. The maximum absolute atomic E-state index is 12.4. The molecule has 1 aromatic rings. The molecule has 1 fully saturated rings. The monoisotopic (exact) mass is 331 g/mol. The SMILES string of the molecule is CCCC(C(N)=S)N1CCN(S(=O)(=O)c2ccn[nH]2)CC1. The largest absolute Gasteiger partial charge is 0.392 e. The van der Waals surface area contributed by atoms with Crippen LogP contribution in [0.4, 0.5) is 0 Å². The molecule has 0 spiro atoms. The van der Waals surface area contributed by atoms with Crippen LogP contribution in [0.2, 0.25) is 0 Å². The number of nitrogens with zero attached hydrogens (tertiary/aromatic N) is 3. The fourth-order valence-electron chi connectivity index (χ4n) is 2.56. The highest BCUT2D eigenvalue weighted by Crippen LogP contribution is 2.17. The second kappa shape index (κ2) is 6.82. The maximum atomic E-state index is 12.4. The van der Waals surface area contributed by atoms with Gasteiger partial charge in [0.15, 0.2) is 5.03 Å². The third-order valence-electron chi connectivity index (χ3n) is 3.70. The average molecular weight is 331 g/mol. The Morgan fingerprint density at radius 1 is 1.48 bits per heavy atom. The molecule has 0 radical (unpaired) electrons. The molecule has 1 saturated heterocycles. The molecule has 118 valence electrons. The minimum atomic E-state index is -3.48. The number of nitrogens with two attached hydrogens (primary N) is 1. The molecule has 9 heteroatoms. The van der Waals surface area contributed by atoms with Crippen molar-refractivity contribution in [1.29, 1.82) is 0 Å². The lowest BCUT2D eigenvalue weighted by Gasteiger charge is -2.38. The average Bonchev–Trinajstić information content (AvgIpc) is 2.99. The van der Waals surface area contributed by atoms with Crippen molar-refractivity contribution in [2.45, 2.75) is 30.8 Å². The molecule has 0 aliphatic carbocycles. The zero-order valence-corrected chi connectivity index (χ0v) is 13.7. The number of hydrogen-bond donors (Lipinski definition) is 2. The summed E-state index contributed by atoms with van der Waals surface area (Å²) in [6.45, 7) is 4.23. The second-order valence-corrected chi connectivity index (χ2v) is 7.45. The predicted molar refractivity (Wildman–Crippen MR) is 84.4 cm³/mol. The molecule has 0 bridgehead atoms. The van der Waals surface area contributed by atoms with Gasteiger partial charge in [0, 0.05) is 26.2 Å². The molecule has 21 heavy (non-hydrogen) atoms. The van der Waals surface area contributed by atoms with Crippen LogP contribution in [0.1, 0.15) is 19.8 Å². The summed E-state index contributed by atoms with van der Waals surface area (Å²) in [6, 6.07) is 1.53. The van der Waals surface area contributed by atoms with Crippen molar-refractivity contribution in [2.24, 2.45) is 5.73 Å². The summed E-state index contributed by atoms with van der Waals surface area (Å²) in [7, 11) is -3.48. The van der Waals surface area contributed by atoms with Gasteiger partial charge >= 0.3 is 0 Å². The Labute approximate surface area is 130 Å². The highest BCUT2D eigenvalue weighted by atomic mass is 32.2. The van der Waals surface area contributed by atoms with Gasteiger partial charge in [-0.05, 0) is 12.5 Å². The first-order chi connectivity index (χ1) is 9.96. The lowest BCUT2D eigenvalue weighted by Crippen LogP contribution is -2.54. The molecule has 1 atom stereocenters. The maximum Gasteiger partial charge on any atom is 0.260 e. The van der Waals surface area contributed by atoms with E-state index < -0.39 is 10.0 Å². The third kappa shape index (κ3) is 3.60. The second-order valence-electron chi connectivity index (χ2n) is 5.07. The highest BCUT2D eigenvalue weighted by molar-refractivity contribution is 7.89. The van der Waals surface area contributed by atoms with Gasteiger partial charge in [-0.2, -0.15) is 9.40 Å². The van der Waals surface area contributed by atoms with Crippen molar-refractivity contribution in [3.05, 3.63) is 12.3 Å². The Hall–Kier alpha value is -1.03. The van der Waals surface area contributed by atoms with E-state index in [1.165, 1.54) is 16.6 Å². The van der Waals surface area contributed by atoms with Crippen LogP contribution in [0.3, 0.4) is 0 Å². The van der Waals surface area contributed by atoms with Gasteiger partial charge in [-0.25, -0.2) is 8.42 Å². The minimum absolute atomic E-state index is 0.0574. The fourth-order valence-corrected chi connectivity index (χ4v) is 4.15. The molecule has 0 amide bonds. The van der Waals surface area contributed by atoms with Gasteiger partial charge in [0.25, 0.3) is 10.0 Å². The van der Waals surface area contributed by atoms with E-state index in [-0.39, 0.29) is 11.1 Å². The molecule has 2 heterocycles. The molecular weight excluding hydrogens is 310 g/mol. The Morgan fingerprint density at radius 3 is 2.62 bits per heavy atom. The van der Waals surface area contributed by atoms with E-state index in [0.717, 1.165) is 12.8 Å². The van der Waals surface area contributed by atoms with Crippen molar-refractivity contribution >= 4 is 27.2 Å². The number of H-pyrrole nitrogens is 1. The molecule has 1 unspecified atom stereocenters. The summed E-state index contributed by atoms with van der Waals surface area (Å²) >= 11 is 5.12. The lowest BCUT2D eigenvalue weighted by molar-refractivity contribution is 0.162. The number of thiocarbonyl (C=S) groups is 1. The van der Waals surface area contributed by atoms with Crippen LogP contribution in [0, 0.1) is 0 Å². The first-order valence-corrected chi connectivity index (χ1v) is 8.84. The quantitative estimate of drug-likeness (QED) is 0.722. The normalized spacial score (nSPS) is 19.5. The van der Waals surface area contributed by atoms with Crippen LogP contribution >= 0.6 is 12.2 Å². The number of aromatic amines is 1. The van der Waals surface area contributed by atoms with E-state index in [9.17, 15) is 8.42 Å². The third-order valence-corrected chi connectivity index (χ3v) is 5.80. The summed E-state index contributed by atoms with van der Waals surface area (Å²) < 4.78 is 26.2. The van der Waals surface area contributed by atoms with Gasteiger partial charge in [-0.3, -0.25) is 10.00 Å². The number of sulfonamides is 1. The zero-order chi connectivity index (χ0) is 15.5. The van der Waals surface area contributed by atoms with E-state index >= 15 is 0 Å². The fraction of sp³-hybridized carbons (Fsp3) is 0.667. The van der Waals surface area contributed by atoms with E-state index in [1.807, 2.05) is 0 Å². The molecule has 1 aliphatic heterocycles. The summed E-state index contributed by atoms with van der Waals surface area (Å²) in [5.74, 6) is 0. The Morgan fingerprint density at radius 2 is 2.14 bits per heavy atom. The van der Waals surface area contributed by atoms with E-state index in [0.29, 0.717) is 31.2 Å². The van der Waals surface area contributed by atoms with Crippen molar-refractivity contribution < 1.29 is 8.42 Å². The van der Waals surface area contributed by atoms with Gasteiger partial charge in [0.1, 0.15) is 0 Å². The van der Waals surface area contributed by atoms with Crippen molar-refractivity contribution in [3.63, 3.8) is 0 Å². The molecular formula is C12H21N5O2S2. The molecule has 0 aromatic carbocycles. The number of rotatable bonds is 6.